The van der Waals surface area contributed by atoms with E-state index in [4.69, 9.17) is 4.74 Å². The van der Waals surface area contributed by atoms with Gasteiger partial charge >= 0.3 is 0 Å². The number of amides is 1. The average molecular weight is 464 g/mol. The van der Waals surface area contributed by atoms with Crippen LogP contribution in [0.2, 0.25) is 0 Å². The lowest BCUT2D eigenvalue weighted by atomic mass is 9.87. The molecule has 2 fully saturated rings. The molecule has 1 N–H and O–H groups in total. The molecule has 7 nitrogen and oxygen atoms in total. The third-order valence-electron chi connectivity index (χ3n) is 6.46. The van der Waals surface area contributed by atoms with E-state index in [1.54, 1.807) is 28.3 Å². The number of alkyl halides is 2. The Morgan fingerprint density at radius 1 is 1.19 bits per heavy atom. The number of carbonyl (C=O) groups is 1. The molecule has 0 unspecified atom stereocenters. The molecule has 172 valence electrons. The molecule has 1 saturated carbocycles. The molecule has 10 heteroatoms. The number of thiazole rings is 1. The first-order chi connectivity index (χ1) is 15.5. The molecule has 1 saturated heterocycles. The van der Waals surface area contributed by atoms with Crippen molar-refractivity contribution in [3.05, 3.63) is 35.9 Å². The standard InChI is InChI=1S/C22H27F2N5O2S/c1-14-2-4-15(5-3-14)29-12-16(20(26-29)21(23)24)25-22(30)17-6-7-18-28(17)13-19(32-18)27-8-10-31-11-9-27/h6-7,12-15,21H,2-5,8-11H2,1H3,(H,25,30)/t14-,15-. The normalized spacial score (nSPS) is 22.1. The van der Waals surface area contributed by atoms with Gasteiger partial charge in [0.1, 0.15) is 15.5 Å². The van der Waals surface area contributed by atoms with E-state index in [0.717, 1.165) is 48.6 Å². The number of nitrogens with zero attached hydrogens (tertiary/aromatic N) is 4. The van der Waals surface area contributed by atoms with Crippen LogP contribution in [-0.4, -0.2) is 46.4 Å². The van der Waals surface area contributed by atoms with Gasteiger partial charge in [-0.25, -0.2) is 8.78 Å². The Hall–Kier alpha value is -2.46. The average Bonchev–Trinajstić information content (AvgIpc) is 3.49. The van der Waals surface area contributed by atoms with Gasteiger partial charge in [0.05, 0.1) is 24.9 Å². The van der Waals surface area contributed by atoms with Crippen LogP contribution in [0.5, 0.6) is 0 Å². The van der Waals surface area contributed by atoms with Crippen molar-refractivity contribution in [2.75, 3.05) is 36.5 Å². The van der Waals surface area contributed by atoms with Crippen LogP contribution in [0.25, 0.3) is 4.83 Å². The van der Waals surface area contributed by atoms with Crippen molar-refractivity contribution in [1.29, 1.82) is 0 Å². The zero-order chi connectivity index (χ0) is 22.2. The number of morpholine rings is 1. The topological polar surface area (TPSA) is 63.8 Å². The maximum absolute atomic E-state index is 13.7. The van der Waals surface area contributed by atoms with Gasteiger partial charge in [-0.05, 0) is 43.7 Å². The van der Waals surface area contributed by atoms with Gasteiger partial charge in [-0.15, -0.1) is 0 Å². The maximum atomic E-state index is 13.7. The minimum Gasteiger partial charge on any atom is -0.378 e. The minimum atomic E-state index is -2.75. The van der Waals surface area contributed by atoms with Gasteiger partial charge in [0.15, 0.2) is 5.69 Å². The fourth-order valence-electron chi connectivity index (χ4n) is 4.55. The van der Waals surface area contributed by atoms with Crippen molar-refractivity contribution < 1.29 is 18.3 Å². The summed E-state index contributed by atoms with van der Waals surface area (Å²) in [5, 5.41) is 7.90. The minimum absolute atomic E-state index is 0.0854. The summed E-state index contributed by atoms with van der Waals surface area (Å²) in [6.45, 7) is 5.19. The molecule has 4 heterocycles. The molecular formula is C22H27F2N5O2S. The predicted molar refractivity (Wildman–Crippen MR) is 120 cm³/mol. The summed E-state index contributed by atoms with van der Waals surface area (Å²) >= 11 is 1.60. The van der Waals surface area contributed by atoms with Gasteiger partial charge in [0, 0.05) is 25.5 Å². The molecule has 3 aromatic rings. The number of ether oxygens (including phenoxy) is 1. The van der Waals surface area contributed by atoms with Crippen LogP contribution < -0.4 is 10.2 Å². The summed E-state index contributed by atoms with van der Waals surface area (Å²) in [6.07, 6.45) is 4.69. The Morgan fingerprint density at radius 3 is 2.66 bits per heavy atom. The third kappa shape index (κ3) is 4.13. The van der Waals surface area contributed by atoms with Crippen molar-refractivity contribution >= 4 is 32.8 Å². The zero-order valence-electron chi connectivity index (χ0n) is 18.0. The fourth-order valence-corrected chi connectivity index (χ4v) is 5.62. The number of hydrogen-bond acceptors (Lipinski definition) is 5. The molecule has 0 atom stereocenters. The molecule has 2 aliphatic rings. The van der Waals surface area contributed by atoms with E-state index >= 15 is 0 Å². The quantitative estimate of drug-likeness (QED) is 0.580. The third-order valence-corrected chi connectivity index (χ3v) is 7.57. The number of hydrogen-bond donors (Lipinski definition) is 1. The number of aromatic nitrogens is 3. The molecule has 1 aliphatic carbocycles. The Labute approximate surface area is 189 Å². The second-order valence-electron chi connectivity index (χ2n) is 8.67. The molecule has 0 aromatic carbocycles. The van der Waals surface area contributed by atoms with E-state index in [-0.39, 0.29) is 17.4 Å². The smallest absolute Gasteiger partial charge is 0.284 e. The van der Waals surface area contributed by atoms with Crippen molar-refractivity contribution in [1.82, 2.24) is 14.2 Å². The van der Waals surface area contributed by atoms with E-state index in [1.165, 1.54) is 0 Å². The number of halogens is 2. The fraction of sp³-hybridized carbons (Fsp3) is 0.545. The summed E-state index contributed by atoms with van der Waals surface area (Å²) in [5.74, 6) is 0.232. The Morgan fingerprint density at radius 2 is 1.94 bits per heavy atom. The number of anilines is 2. The molecule has 3 aromatic heterocycles. The SMILES string of the molecule is C[C@H]1CC[C@H](n2cc(NC(=O)c3ccc4sc(N5CCOCC5)cn34)c(C(F)F)n2)CC1. The van der Waals surface area contributed by atoms with E-state index in [9.17, 15) is 13.6 Å². The van der Waals surface area contributed by atoms with Gasteiger partial charge < -0.3 is 19.4 Å². The summed E-state index contributed by atoms with van der Waals surface area (Å²) < 4.78 is 36.2. The largest absolute Gasteiger partial charge is 0.378 e. The molecule has 1 amide bonds. The van der Waals surface area contributed by atoms with E-state index in [1.807, 2.05) is 16.7 Å². The lowest BCUT2D eigenvalue weighted by Crippen LogP contribution is -2.35. The number of carbonyl (C=O) groups excluding carboxylic acids is 1. The molecule has 0 bridgehead atoms. The number of rotatable bonds is 5. The second kappa shape index (κ2) is 8.82. The first-order valence-corrected chi connectivity index (χ1v) is 11.9. The van der Waals surface area contributed by atoms with Gasteiger partial charge in [-0.1, -0.05) is 18.3 Å². The van der Waals surface area contributed by atoms with Crippen LogP contribution in [0.1, 0.15) is 61.3 Å². The zero-order valence-corrected chi connectivity index (χ0v) is 18.8. The Bertz CT molecular complexity index is 1090. The van der Waals surface area contributed by atoms with Crippen molar-refractivity contribution in [3.8, 4) is 0 Å². The van der Waals surface area contributed by atoms with Crippen LogP contribution >= 0.6 is 11.3 Å². The van der Waals surface area contributed by atoms with Gasteiger partial charge in [0.2, 0.25) is 0 Å². The number of nitrogens with one attached hydrogen (secondary N) is 1. The van der Waals surface area contributed by atoms with E-state index in [2.05, 4.69) is 22.2 Å². The molecule has 32 heavy (non-hydrogen) atoms. The van der Waals surface area contributed by atoms with Crippen LogP contribution in [-0.2, 0) is 4.74 Å². The van der Waals surface area contributed by atoms with Crippen LogP contribution in [0.3, 0.4) is 0 Å². The highest BCUT2D eigenvalue weighted by Gasteiger charge is 2.26. The molecule has 0 spiro atoms. The highest BCUT2D eigenvalue weighted by molar-refractivity contribution is 7.21. The second-order valence-corrected chi connectivity index (χ2v) is 9.71. The summed E-state index contributed by atoms with van der Waals surface area (Å²) in [7, 11) is 0. The van der Waals surface area contributed by atoms with Crippen LogP contribution in [0.4, 0.5) is 19.5 Å². The first-order valence-electron chi connectivity index (χ1n) is 11.1. The van der Waals surface area contributed by atoms with Crippen LogP contribution in [0, 0.1) is 5.92 Å². The molecular weight excluding hydrogens is 436 g/mol. The predicted octanol–water partition coefficient (Wildman–Crippen LogP) is 4.98. The monoisotopic (exact) mass is 463 g/mol. The van der Waals surface area contributed by atoms with Gasteiger partial charge in [-0.2, -0.15) is 5.10 Å². The Kier molecular flexibility index (Phi) is 5.90. The molecule has 1 aliphatic heterocycles. The van der Waals surface area contributed by atoms with Gasteiger partial charge in [-0.3, -0.25) is 9.48 Å². The summed E-state index contributed by atoms with van der Waals surface area (Å²) in [5.41, 5.74) is 0.126. The Balaban J connectivity index is 1.37. The van der Waals surface area contributed by atoms with Crippen LogP contribution in [0.15, 0.2) is 24.5 Å². The lowest BCUT2D eigenvalue weighted by molar-refractivity contribution is 0.102. The lowest BCUT2D eigenvalue weighted by Gasteiger charge is -2.26. The van der Waals surface area contributed by atoms with E-state index in [0.29, 0.717) is 24.8 Å². The highest BCUT2D eigenvalue weighted by Crippen LogP contribution is 2.35. The molecule has 5 rings (SSSR count). The van der Waals surface area contributed by atoms with Crippen molar-refractivity contribution in [3.63, 3.8) is 0 Å². The summed E-state index contributed by atoms with van der Waals surface area (Å²) in [6, 6.07) is 3.70. The number of fused-ring (bicyclic) bond motifs is 1. The van der Waals surface area contributed by atoms with Gasteiger partial charge in [0.25, 0.3) is 12.3 Å². The van der Waals surface area contributed by atoms with E-state index < -0.39 is 12.3 Å². The maximum Gasteiger partial charge on any atom is 0.284 e. The van der Waals surface area contributed by atoms with Crippen molar-refractivity contribution in [2.45, 2.75) is 45.1 Å². The van der Waals surface area contributed by atoms with Crippen molar-refractivity contribution in [2.24, 2.45) is 5.92 Å². The highest BCUT2D eigenvalue weighted by atomic mass is 32.1. The first kappa shape index (κ1) is 21.4. The molecule has 0 radical (unpaired) electrons. The summed E-state index contributed by atoms with van der Waals surface area (Å²) in [4.78, 5) is 16.2.